The Morgan fingerprint density at radius 2 is 1.18 bits per heavy atom. The molecule has 22 heavy (non-hydrogen) atoms. The second-order valence-electron chi connectivity index (χ2n) is 9.43. The van der Waals surface area contributed by atoms with Crippen molar-refractivity contribution in [3.8, 4) is 0 Å². The molecule has 0 aromatic carbocycles. The van der Waals surface area contributed by atoms with Gasteiger partial charge in [0.1, 0.15) is 0 Å². The van der Waals surface area contributed by atoms with Crippen molar-refractivity contribution >= 4 is 39.2 Å². The van der Waals surface area contributed by atoms with Crippen molar-refractivity contribution in [1.82, 2.24) is 0 Å². The predicted molar refractivity (Wildman–Crippen MR) is 113 cm³/mol. The number of hydrogen-bond donors (Lipinski definition) is 0. The van der Waals surface area contributed by atoms with E-state index in [4.69, 9.17) is 8.85 Å². The Kier molecular flexibility index (Phi) is 8.37. The normalized spacial score (nSPS) is 17.5. The zero-order valence-corrected chi connectivity index (χ0v) is 20.9. The minimum absolute atomic E-state index is 0.244. The number of hydrogen-bond acceptors (Lipinski definition) is 2. The van der Waals surface area contributed by atoms with Crippen LogP contribution in [0.2, 0.25) is 36.3 Å². The molecule has 0 aromatic heterocycles. The van der Waals surface area contributed by atoms with Gasteiger partial charge in [0.05, 0.1) is 4.11 Å². The molecule has 134 valence electrons. The van der Waals surface area contributed by atoms with Crippen molar-refractivity contribution < 1.29 is 8.85 Å². The first-order chi connectivity index (χ1) is 9.53. The highest BCUT2D eigenvalue weighted by Gasteiger charge is 2.41. The maximum absolute atomic E-state index is 6.59. The third kappa shape index (κ3) is 6.91. The van der Waals surface area contributed by atoms with Crippen molar-refractivity contribution in [1.29, 1.82) is 0 Å². The minimum atomic E-state index is -1.70. The minimum Gasteiger partial charge on any atom is -0.414 e. The molecule has 0 amide bonds. The highest BCUT2D eigenvalue weighted by Crippen LogP contribution is 2.40. The zero-order valence-electron chi connectivity index (χ0n) is 16.8. The summed E-state index contributed by atoms with van der Waals surface area (Å²) in [6.45, 7) is 25.4. The lowest BCUT2D eigenvalue weighted by Crippen LogP contribution is -2.46. The molecule has 0 spiro atoms. The topological polar surface area (TPSA) is 18.5 Å². The average Bonchev–Trinajstić information content (AvgIpc) is 2.23. The van der Waals surface area contributed by atoms with E-state index in [0.29, 0.717) is 6.10 Å². The molecule has 2 nitrogen and oxygen atoms in total. The fourth-order valence-corrected chi connectivity index (χ4v) is 6.66. The van der Waals surface area contributed by atoms with Crippen LogP contribution in [0.5, 0.6) is 0 Å². The Labute approximate surface area is 155 Å². The quantitative estimate of drug-likeness (QED) is 0.233. The summed E-state index contributed by atoms with van der Waals surface area (Å²) in [6.07, 6.45) is 2.37. The van der Waals surface area contributed by atoms with E-state index in [1.165, 1.54) is 0 Å². The molecule has 2 atom stereocenters. The summed E-state index contributed by atoms with van der Waals surface area (Å²) in [5, 5.41) is 0.528. The fraction of sp³-hybridized carbons (Fsp3) is 1.00. The molecule has 2 unspecified atom stereocenters. The summed E-state index contributed by atoms with van der Waals surface area (Å²) in [5.74, 6) is 0. The maximum atomic E-state index is 6.59. The van der Waals surface area contributed by atoms with Gasteiger partial charge in [0.15, 0.2) is 16.6 Å². The lowest BCUT2D eigenvalue weighted by atomic mass is 10.2. The summed E-state index contributed by atoms with van der Waals surface area (Å²) < 4.78 is 13.3. The van der Waals surface area contributed by atoms with Crippen LogP contribution >= 0.6 is 22.6 Å². The Morgan fingerprint density at radius 3 is 1.50 bits per heavy atom. The molecule has 0 radical (unpaired) electrons. The van der Waals surface area contributed by atoms with Gasteiger partial charge in [-0.25, -0.2) is 0 Å². The van der Waals surface area contributed by atoms with Crippen LogP contribution in [-0.4, -0.2) is 26.8 Å². The third-order valence-electron chi connectivity index (χ3n) is 5.40. The Morgan fingerprint density at radius 1 is 0.818 bits per heavy atom. The SMILES string of the molecule is CCC(CC(I)O[Si](C)(C)C(C)(C)C)O[Si](C)(C)C(C)(C)C. The first-order valence-corrected chi connectivity index (χ1v) is 15.6. The number of halogens is 1. The average molecular weight is 459 g/mol. The van der Waals surface area contributed by atoms with Crippen LogP contribution in [-0.2, 0) is 8.85 Å². The first-order valence-electron chi connectivity index (χ1n) is 8.53. The second-order valence-corrected chi connectivity index (χ2v) is 20.3. The van der Waals surface area contributed by atoms with Gasteiger partial charge in [0.2, 0.25) is 0 Å². The fourth-order valence-electron chi connectivity index (χ4n) is 1.64. The Bertz CT molecular complexity index is 344. The van der Waals surface area contributed by atoms with Gasteiger partial charge in [-0.05, 0) is 42.7 Å². The van der Waals surface area contributed by atoms with Crippen LogP contribution in [0, 0.1) is 0 Å². The van der Waals surface area contributed by atoms with Crippen molar-refractivity contribution in [3.63, 3.8) is 0 Å². The van der Waals surface area contributed by atoms with Crippen LogP contribution in [0.3, 0.4) is 0 Å². The van der Waals surface area contributed by atoms with Gasteiger partial charge in [-0.3, -0.25) is 0 Å². The molecule has 0 aromatic rings. The molecule has 0 saturated heterocycles. The summed E-state index contributed by atoms with van der Waals surface area (Å²) in [5.41, 5.74) is 0. The molecule has 0 heterocycles. The summed E-state index contributed by atoms with van der Waals surface area (Å²) in [6, 6.07) is 0. The van der Waals surface area contributed by atoms with E-state index in [9.17, 15) is 0 Å². The monoisotopic (exact) mass is 458 g/mol. The third-order valence-corrected chi connectivity index (χ3v) is 15.7. The van der Waals surface area contributed by atoms with Gasteiger partial charge in [0.25, 0.3) is 0 Å². The molecule has 0 aliphatic carbocycles. The molecule has 5 heteroatoms. The molecule has 0 N–H and O–H groups in total. The van der Waals surface area contributed by atoms with Gasteiger partial charge < -0.3 is 8.85 Å². The van der Waals surface area contributed by atoms with E-state index in [1.807, 2.05) is 0 Å². The Hall–Kier alpha value is 1.08. The lowest BCUT2D eigenvalue weighted by molar-refractivity contribution is 0.132. The van der Waals surface area contributed by atoms with Gasteiger partial charge in [0, 0.05) is 12.5 Å². The molecule has 0 fully saturated rings. The van der Waals surface area contributed by atoms with E-state index in [0.717, 1.165) is 12.8 Å². The van der Waals surface area contributed by atoms with E-state index in [-0.39, 0.29) is 14.2 Å². The van der Waals surface area contributed by atoms with Gasteiger partial charge in [-0.2, -0.15) is 0 Å². The Balaban J connectivity index is 4.77. The van der Waals surface area contributed by atoms with E-state index in [2.05, 4.69) is 97.2 Å². The maximum Gasteiger partial charge on any atom is 0.193 e. The lowest BCUT2D eigenvalue weighted by Gasteiger charge is -2.41. The standard InChI is InChI=1S/C17H39IO2Si2/c1-12-14(19-21(8,9)16(2,3)4)13-15(18)20-22(10,11)17(5,6)7/h14-15H,12-13H2,1-11H3. The molecule has 0 saturated carbocycles. The second kappa shape index (κ2) is 7.98. The van der Waals surface area contributed by atoms with Crippen molar-refractivity contribution in [2.24, 2.45) is 0 Å². The van der Waals surface area contributed by atoms with Crippen molar-refractivity contribution in [2.75, 3.05) is 0 Å². The zero-order chi connectivity index (χ0) is 18.0. The van der Waals surface area contributed by atoms with E-state index >= 15 is 0 Å². The highest BCUT2D eigenvalue weighted by molar-refractivity contribution is 14.1. The summed E-state index contributed by atoms with van der Waals surface area (Å²) in [4.78, 5) is 0. The highest BCUT2D eigenvalue weighted by atomic mass is 127. The van der Waals surface area contributed by atoms with Crippen molar-refractivity contribution in [3.05, 3.63) is 0 Å². The van der Waals surface area contributed by atoms with E-state index in [1.54, 1.807) is 0 Å². The number of alkyl halides is 1. The van der Waals surface area contributed by atoms with Crippen LogP contribution in [0.25, 0.3) is 0 Å². The molecular weight excluding hydrogens is 419 g/mol. The summed E-state index contributed by atoms with van der Waals surface area (Å²) in [7, 11) is -3.39. The smallest absolute Gasteiger partial charge is 0.193 e. The molecule has 0 bridgehead atoms. The predicted octanol–water partition coefficient (Wildman–Crippen LogP) is 6.96. The van der Waals surface area contributed by atoms with Crippen LogP contribution in [0.4, 0.5) is 0 Å². The van der Waals surface area contributed by atoms with Gasteiger partial charge >= 0.3 is 0 Å². The van der Waals surface area contributed by atoms with Crippen LogP contribution < -0.4 is 0 Å². The van der Waals surface area contributed by atoms with E-state index < -0.39 is 16.6 Å². The number of rotatable bonds is 7. The molecule has 0 rings (SSSR count). The van der Waals surface area contributed by atoms with Crippen LogP contribution in [0.1, 0.15) is 61.3 Å². The molecule has 0 aliphatic heterocycles. The molecular formula is C17H39IO2Si2. The molecule has 0 aliphatic rings. The summed E-state index contributed by atoms with van der Waals surface area (Å²) >= 11 is 2.47. The van der Waals surface area contributed by atoms with Crippen LogP contribution in [0.15, 0.2) is 0 Å². The van der Waals surface area contributed by atoms with Gasteiger partial charge in [-0.1, -0.05) is 71.1 Å². The van der Waals surface area contributed by atoms with Gasteiger partial charge in [-0.15, -0.1) is 0 Å². The van der Waals surface area contributed by atoms with Crippen molar-refractivity contribution in [2.45, 2.75) is 108 Å². The largest absolute Gasteiger partial charge is 0.414 e. The first kappa shape index (κ1) is 23.1.